The maximum atomic E-state index is 8.16. The normalized spacial score (nSPS) is 14.8. The van der Waals surface area contributed by atoms with Crippen molar-refractivity contribution in [2.75, 3.05) is 6.54 Å². The Hall–Kier alpha value is -0.540. The Morgan fingerprint density at radius 3 is 2.62 bits per heavy atom. The summed E-state index contributed by atoms with van der Waals surface area (Å²) in [5, 5.41) is 8.16. The summed E-state index contributed by atoms with van der Waals surface area (Å²) in [6.45, 7) is 0.561. The van der Waals surface area contributed by atoms with Gasteiger partial charge in [0.2, 0.25) is 0 Å². The second kappa shape index (κ2) is 4.61. The van der Waals surface area contributed by atoms with Gasteiger partial charge in [-0.05, 0) is 19.0 Å². The molecule has 5 N–H and O–H groups in total. The maximum Gasteiger partial charge on any atom is 0.0767 e. The molecular weight excluding hydrogens is 104 g/mol. The van der Waals surface area contributed by atoms with E-state index in [0.717, 1.165) is 12.7 Å². The van der Waals surface area contributed by atoms with Crippen molar-refractivity contribution in [3.63, 3.8) is 0 Å². The minimum Gasteiger partial charge on any atom is -0.516 e. The van der Waals surface area contributed by atoms with E-state index in [1.165, 1.54) is 6.08 Å². The molecule has 0 radical (unpaired) electrons. The molecule has 8 heavy (non-hydrogen) atoms. The summed E-state index contributed by atoms with van der Waals surface area (Å²) in [6.07, 6.45) is 3.17. The Morgan fingerprint density at radius 1 is 1.62 bits per heavy atom. The van der Waals surface area contributed by atoms with Crippen molar-refractivity contribution < 1.29 is 5.11 Å². The van der Waals surface area contributed by atoms with Crippen molar-refractivity contribution >= 4 is 0 Å². The maximum absolute atomic E-state index is 8.16. The van der Waals surface area contributed by atoms with Gasteiger partial charge in [0.15, 0.2) is 0 Å². The predicted molar refractivity (Wildman–Crippen MR) is 33.4 cm³/mol. The molecule has 0 aliphatic heterocycles. The average Bonchev–Trinajstić information content (AvgIpc) is 1.68. The molecule has 3 heteroatoms. The van der Waals surface area contributed by atoms with Crippen molar-refractivity contribution in [2.45, 2.75) is 12.5 Å². The van der Waals surface area contributed by atoms with Gasteiger partial charge < -0.3 is 16.6 Å². The first-order valence-corrected chi connectivity index (χ1v) is 2.57. The third-order valence-electron chi connectivity index (χ3n) is 0.833. The summed E-state index contributed by atoms with van der Waals surface area (Å²) in [6, 6.07) is -0.0926. The van der Waals surface area contributed by atoms with E-state index in [-0.39, 0.29) is 6.04 Å². The van der Waals surface area contributed by atoms with Crippen LogP contribution in [0.3, 0.4) is 0 Å². The van der Waals surface area contributed by atoms with Crippen LogP contribution in [0.15, 0.2) is 12.3 Å². The molecule has 0 amide bonds. The Morgan fingerprint density at radius 2 is 2.25 bits per heavy atom. The Balaban J connectivity index is 3.17. The fourth-order valence-electron chi connectivity index (χ4n) is 0.399. The lowest BCUT2D eigenvalue weighted by atomic mass is 10.2. The van der Waals surface area contributed by atoms with Gasteiger partial charge in [-0.25, -0.2) is 0 Å². The average molecular weight is 116 g/mol. The molecule has 0 saturated heterocycles. The molecule has 1 unspecified atom stereocenters. The third-order valence-corrected chi connectivity index (χ3v) is 0.833. The Labute approximate surface area is 49.0 Å². The molecule has 1 atom stereocenters. The van der Waals surface area contributed by atoms with Crippen LogP contribution < -0.4 is 11.5 Å². The molecule has 3 nitrogen and oxygen atoms in total. The van der Waals surface area contributed by atoms with E-state index in [1.807, 2.05) is 0 Å². The molecule has 0 aliphatic carbocycles. The van der Waals surface area contributed by atoms with Crippen LogP contribution in [0.1, 0.15) is 6.42 Å². The molecule has 0 fully saturated rings. The van der Waals surface area contributed by atoms with E-state index in [9.17, 15) is 0 Å². The fraction of sp³-hybridized carbons (Fsp3) is 0.600. The molecule has 48 valence electrons. The topological polar surface area (TPSA) is 72.3 Å². The van der Waals surface area contributed by atoms with E-state index in [1.54, 1.807) is 0 Å². The number of rotatable bonds is 3. The summed E-state index contributed by atoms with van der Waals surface area (Å²) in [5.74, 6) is 0. The van der Waals surface area contributed by atoms with Crippen LogP contribution in [0, 0.1) is 0 Å². The van der Waals surface area contributed by atoms with Crippen LogP contribution in [0.4, 0.5) is 0 Å². The van der Waals surface area contributed by atoms with E-state index >= 15 is 0 Å². The molecule has 0 heterocycles. The van der Waals surface area contributed by atoms with Crippen molar-refractivity contribution in [2.24, 2.45) is 11.5 Å². The summed E-state index contributed by atoms with van der Waals surface area (Å²) in [5.41, 5.74) is 10.5. The highest BCUT2D eigenvalue weighted by molar-refractivity contribution is 4.85. The minimum atomic E-state index is -0.0926. The number of hydrogen-bond acceptors (Lipinski definition) is 3. The zero-order valence-corrected chi connectivity index (χ0v) is 4.75. The van der Waals surface area contributed by atoms with E-state index in [4.69, 9.17) is 16.6 Å². The van der Waals surface area contributed by atoms with Crippen LogP contribution in [0.2, 0.25) is 0 Å². The highest BCUT2D eigenvalue weighted by Crippen LogP contribution is 1.84. The molecule has 0 aromatic rings. The van der Waals surface area contributed by atoms with Gasteiger partial charge in [0.1, 0.15) is 0 Å². The zero-order chi connectivity index (χ0) is 6.41. The van der Waals surface area contributed by atoms with Gasteiger partial charge in [0.05, 0.1) is 6.26 Å². The van der Waals surface area contributed by atoms with Crippen molar-refractivity contribution in [3.05, 3.63) is 12.3 Å². The third kappa shape index (κ3) is 3.64. The number of aliphatic hydroxyl groups excluding tert-OH is 1. The molecule has 0 spiro atoms. The SMILES string of the molecule is NCCC(N)C=CO. The largest absolute Gasteiger partial charge is 0.516 e. The van der Waals surface area contributed by atoms with Crippen molar-refractivity contribution in [1.29, 1.82) is 0 Å². The molecule has 0 aromatic heterocycles. The van der Waals surface area contributed by atoms with Crippen molar-refractivity contribution in [3.8, 4) is 0 Å². The number of aliphatic hydroxyl groups is 1. The van der Waals surface area contributed by atoms with Gasteiger partial charge in [-0.2, -0.15) is 0 Å². The minimum absolute atomic E-state index is 0.0926. The van der Waals surface area contributed by atoms with E-state index < -0.39 is 0 Å². The summed E-state index contributed by atoms with van der Waals surface area (Å²) in [4.78, 5) is 0. The first kappa shape index (κ1) is 7.46. The molecular formula is C5H12N2O. The monoisotopic (exact) mass is 116 g/mol. The highest BCUT2D eigenvalue weighted by atomic mass is 16.2. The van der Waals surface area contributed by atoms with E-state index in [2.05, 4.69) is 0 Å². The van der Waals surface area contributed by atoms with Crippen molar-refractivity contribution in [1.82, 2.24) is 0 Å². The smallest absolute Gasteiger partial charge is 0.0767 e. The lowest BCUT2D eigenvalue weighted by molar-refractivity contribution is 0.467. The van der Waals surface area contributed by atoms with Gasteiger partial charge in [-0.15, -0.1) is 0 Å². The quantitative estimate of drug-likeness (QED) is 0.444. The highest BCUT2D eigenvalue weighted by Gasteiger charge is 1.91. The van der Waals surface area contributed by atoms with Gasteiger partial charge in [0.25, 0.3) is 0 Å². The van der Waals surface area contributed by atoms with Gasteiger partial charge in [0, 0.05) is 6.04 Å². The molecule has 0 aromatic carbocycles. The fourth-order valence-corrected chi connectivity index (χ4v) is 0.399. The molecule has 0 bridgehead atoms. The number of nitrogens with two attached hydrogens (primary N) is 2. The second-order valence-corrected chi connectivity index (χ2v) is 1.58. The van der Waals surface area contributed by atoms with Crippen LogP contribution >= 0.6 is 0 Å². The first-order chi connectivity index (χ1) is 3.81. The lowest BCUT2D eigenvalue weighted by Gasteiger charge is -1.99. The Bertz CT molecular complexity index is 72.8. The molecule has 0 saturated carbocycles. The predicted octanol–water partition coefficient (Wildman–Crippen LogP) is -0.266. The number of hydrogen-bond donors (Lipinski definition) is 3. The summed E-state index contributed by atoms with van der Waals surface area (Å²) < 4.78 is 0. The molecule has 0 aliphatic rings. The van der Waals surface area contributed by atoms with Crippen LogP contribution in [-0.2, 0) is 0 Å². The van der Waals surface area contributed by atoms with Gasteiger partial charge in [-0.3, -0.25) is 0 Å². The summed E-state index contributed by atoms with van der Waals surface area (Å²) in [7, 11) is 0. The molecule has 0 rings (SSSR count). The van der Waals surface area contributed by atoms with Crippen LogP contribution in [0.5, 0.6) is 0 Å². The Kier molecular flexibility index (Phi) is 4.30. The lowest BCUT2D eigenvalue weighted by Crippen LogP contribution is -2.20. The van der Waals surface area contributed by atoms with Crippen LogP contribution in [-0.4, -0.2) is 17.7 Å². The van der Waals surface area contributed by atoms with Gasteiger partial charge in [-0.1, -0.05) is 0 Å². The second-order valence-electron chi connectivity index (χ2n) is 1.58. The van der Waals surface area contributed by atoms with Gasteiger partial charge >= 0.3 is 0 Å². The zero-order valence-electron chi connectivity index (χ0n) is 4.75. The van der Waals surface area contributed by atoms with E-state index in [0.29, 0.717) is 6.54 Å². The summed E-state index contributed by atoms with van der Waals surface area (Å²) >= 11 is 0. The standard InChI is InChI=1S/C5H12N2O/c6-3-1-5(7)2-4-8/h2,4-5,8H,1,3,6-7H2. The first-order valence-electron chi connectivity index (χ1n) is 2.57. The van der Waals surface area contributed by atoms with Crippen LogP contribution in [0.25, 0.3) is 0 Å².